The normalized spacial score (nSPS) is 11.3. The Balaban J connectivity index is 2.38. The van der Waals surface area contributed by atoms with Crippen molar-refractivity contribution < 1.29 is 8.42 Å². The maximum Gasteiger partial charge on any atom is 0.261 e. The molecule has 6 heteroatoms. The lowest BCUT2D eigenvalue weighted by atomic mass is 10.2. The number of nitrogens with two attached hydrogens (primary N) is 1. The fraction of sp³-hybridized carbons (Fsp3) is 0.0769. The molecule has 0 aliphatic heterocycles. The number of hydrogen-bond acceptors (Lipinski definition) is 3. The molecule has 0 radical (unpaired) electrons. The molecule has 0 fully saturated rings. The number of hydrogen-bond donors (Lipinski definition) is 2. The number of benzene rings is 2. The zero-order chi connectivity index (χ0) is 14.0. The molecule has 0 saturated heterocycles. The van der Waals surface area contributed by atoms with Gasteiger partial charge in [0.1, 0.15) is 0 Å². The van der Waals surface area contributed by atoms with E-state index < -0.39 is 10.0 Å². The summed E-state index contributed by atoms with van der Waals surface area (Å²) in [5.41, 5.74) is 7.28. The molecule has 3 N–H and O–H groups in total. The van der Waals surface area contributed by atoms with Gasteiger partial charge in [0.2, 0.25) is 0 Å². The minimum absolute atomic E-state index is 0.152. The molecular weight excluding hydrogens is 284 g/mol. The summed E-state index contributed by atoms with van der Waals surface area (Å²) in [4.78, 5) is 0.152. The maximum absolute atomic E-state index is 12.2. The Kier molecular flexibility index (Phi) is 3.68. The Morgan fingerprint density at radius 3 is 2.47 bits per heavy atom. The van der Waals surface area contributed by atoms with E-state index in [4.69, 9.17) is 17.3 Å². The predicted octanol–water partition coefficient (Wildman–Crippen LogP) is 3.03. The summed E-state index contributed by atoms with van der Waals surface area (Å²) in [6, 6.07) is 11.2. The second kappa shape index (κ2) is 5.11. The van der Waals surface area contributed by atoms with Crippen molar-refractivity contribution in [1.29, 1.82) is 0 Å². The molecule has 0 spiro atoms. The minimum Gasteiger partial charge on any atom is -0.399 e. The van der Waals surface area contributed by atoms with Crippen LogP contribution >= 0.6 is 11.6 Å². The van der Waals surface area contributed by atoms with Crippen LogP contribution in [0.1, 0.15) is 5.56 Å². The Bertz CT molecular complexity index is 714. The third-order valence-electron chi connectivity index (χ3n) is 2.67. The van der Waals surface area contributed by atoms with Crippen LogP contribution in [0.2, 0.25) is 5.02 Å². The van der Waals surface area contributed by atoms with Crippen molar-refractivity contribution in [3.05, 3.63) is 53.1 Å². The number of anilines is 2. The third-order valence-corrected chi connectivity index (χ3v) is 4.36. The second-order valence-corrected chi connectivity index (χ2v) is 6.19. The van der Waals surface area contributed by atoms with Gasteiger partial charge in [-0.1, -0.05) is 23.7 Å². The van der Waals surface area contributed by atoms with Crippen LogP contribution in [-0.4, -0.2) is 8.42 Å². The van der Waals surface area contributed by atoms with E-state index in [2.05, 4.69) is 4.72 Å². The molecule has 0 aromatic heterocycles. The molecule has 0 atom stereocenters. The molecule has 19 heavy (non-hydrogen) atoms. The summed E-state index contributed by atoms with van der Waals surface area (Å²) < 4.78 is 26.9. The van der Waals surface area contributed by atoms with E-state index >= 15 is 0 Å². The molecule has 0 amide bonds. The third kappa shape index (κ3) is 3.00. The lowest BCUT2D eigenvalue weighted by Gasteiger charge is -2.10. The fourth-order valence-corrected chi connectivity index (χ4v) is 2.97. The molecule has 2 aromatic carbocycles. The van der Waals surface area contributed by atoms with Crippen LogP contribution in [0.4, 0.5) is 11.4 Å². The molecule has 0 aliphatic carbocycles. The first-order valence-corrected chi connectivity index (χ1v) is 7.40. The van der Waals surface area contributed by atoms with Crippen LogP contribution in [0, 0.1) is 6.92 Å². The standard InChI is InChI=1S/C13H13ClN2O2S/c1-9-8-10(6-7-12(9)15)19(17,18)16-13-5-3-2-4-11(13)14/h2-8,16H,15H2,1H3. The van der Waals surface area contributed by atoms with E-state index in [1.54, 1.807) is 37.3 Å². The highest BCUT2D eigenvalue weighted by Crippen LogP contribution is 2.25. The van der Waals surface area contributed by atoms with E-state index in [1.807, 2.05) is 0 Å². The molecule has 2 aromatic rings. The minimum atomic E-state index is -3.67. The monoisotopic (exact) mass is 296 g/mol. The van der Waals surface area contributed by atoms with Crippen LogP contribution < -0.4 is 10.5 Å². The molecule has 0 saturated carbocycles. The number of para-hydroxylation sites is 1. The summed E-state index contributed by atoms with van der Waals surface area (Å²) in [7, 11) is -3.67. The molecule has 0 unspecified atom stereocenters. The van der Waals surface area contributed by atoms with Gasteiger partial charge in [-0.3, -0.25) is 4.72 Å². The van der Waals surface area contributed by atoms with Gasteiger partial charge in [0.15, 0.2) is 0 Å². The summed E-state index contributed by atoms with van der Waals surface area (Å²) in [6.07, 6.45) is 0. The van der Waals surface area contributed by atoms with E-state index in [-0.39, 0.29) is 4.90 Å². The number of rotatable bonds is 3. The number of aryl methyl sites for hydroxylation is 1. The molecule has 0 aliphatic rings. The van der Waals surface area contributed by atoms with Gasteiger partial charge in [-0.25, -0.2) is 8.42 Å². The molecule has 0 bridgehead atoms. The van der Waals surface area contributed by atoms with E-state index in [0.29, 0.717) is 22.0 Å². The highest BCUT2D eigenvalue weighted by atomic mass is 35.5. The van der Waals surface area contributed by atoms with Gasteiger partial charge in [0, 0.05) is 5.69 Å². The van der Waals surface area contributed by atoms with E-state index in [0.717, 1.165) is 0 Å². The summed E-state index contributed by atoms with van der Waals surface area (Å²) in [5.74, 6) is 0. The van der Waals surface area contributed by atoms with Gasteiger partial charge >= 0.3 is 0 Å². The SMILES string of the molecule is Cc1cc(S(=O)(=O)Nc2ccccc2Cl)ccc1N. The number of sulfonamides is 1. The van der Waals surface area contributed by atoms with Crippen molar-refractivity contribution in [2.75, 3.05) is 10.5 Å². The first-order chi connectivity index (χ1) is 8.90. The van der Waals surface area contributed by atoms with Crippen LogP contribution in [0.25, 0.3) is 0 Å². The number of halogens is 1. The average molecular weight is 297 g/mol. The molecular formula is C13H13ClN2O2S. The Morgan fingerprint density at radius 1 is 1.16 bits per heavy atom. The van der Waals surface area contributed by atoms with Crippen LogP contribution in [0.3, 0.4) is 0 Å². The van der Waals surface area contributed by atoms with Crippen molar-refractivity contribution in [1.82, 2.24) is 0 Å². The topological polar surface area (TPSA) is 72.2 Å². The van der Waals surface area contributed by atoms with Crippen LogP contribution in [0.15, 0.2) is 47.4 Å². The van der Waals surface area contributed by atoms with Crippen molar-refractivity contribution in [2.24, 2.45) is 0 Å². The Hall–Kier alpha value is -1.72. The summed E-state index contributed by atoms with van der Waals surface area (Å²) >= 11 is 5.93. The first-order valence-electron chi connectivity index (χ1n) is 5.53. The lowest BCUT2D eigenvalue weighted by molar-refractivity contribution is 0.601. The van der Waals surface area contributed by atoms with E-state index in [9.17, 15) is 8.42 Å². The average Bonchev–Trinajstić information content (AvgIpc) is 2.35. The Morgan fingerprint density at radius 2 is 1.84 bits per heavy atom. The van der Waals surface area contributed by atoms with Gasteiger partial charge in [0.05, 0.1) is 15.6 Å². The molecule has 4 nitrogen and oxygen atoms in total. The zero-order valence-corrected chi connectivity index (χ0v) is 11.8. The predicted molar refractivity (Wildman–Crippen MR) is 77.9 cm³/mol. The summed E-state index contributed by atoms with van der Waals surface area (Å²) in [5, 5.41) is 0.346. The lowest BCUT2D eigenvalue weighted by Crippen LogP contribution is -2.13. The zero-order valence-electron chi connectivity index (χ0n) is 10.2. The van der Waals surface area contributed by atoms with Gasteiger partial charge in [-0.2, -0.15) is 0 Å². The first kappa shape index (κ1) is 13.7. The second-order valence-electron chi connectivity index (χ2n) is 4.10. The van der Waals surface area contributed by atoms with Gasteiger partial charge in [0.25, 0.3) is 10.0 Å². The fourth-order valence-electron chi connectivity index (χ4n) is 1.56. The maximum atomic E-state index is 12.2. The summed E-state index contributed by atoms with van der Waals surface area (Å²) in [6.45, 7) is 1.75. The number of nitrogens with one attached hydrogen (secondary N) is 1. The Labute approximate surface area is 117 Å². The van der Waals surface area contributed by atoms with Crippen molar-refractivity contribution >= 4 is 33.0 Å². The molecule has 100 valence electrons. The highest BCUT2D eigenvalue weighted by Gasteiger charge is 2.16. The van der Waals surface area contributed by atoms with Gasteiger partial charge in [-0.15, -0.1) is 0 Å². The van der Waals surface area contributed by atoms with Crippen LogP contribution in [0.5, 0.6) is 0 Å². The van der Waals surface area contributed by atoms with E-state index in [1.165, 1.54) is 12.1 Å². The highest BCUT2D eigenvalue weighted by molar-refractivity contribution is 7.92. The van der Waals surface area contributed by atoms with Crippen LogP contribution in [-0.2, 0) is 10.0 Å². The smallest absolute Gasteiger partial charge is 0.261 e. The van der Waals surface area contributed by atoms with Crippen molar-refractivity contribution in [3.8, 4) is 0 Å². The quantitative estimate of drug-likeness (QED) is 0.855. The molecule has 0 heterocycles. The molecule has 2 rings (SSSR count). The van der Waals surface area contributed by atoms with Gasteiger partial charge < -0.3 is 5.73 Å². The van der Waals surface area contributed by atoms with Crippen molar-refractivity contribution in [3.63, 3.8) is 0 Å². The number of nitrogen functional groups attached to an aromatic ring is 1. The van der Waals surface area contributed by atoms with Crippen molar-refractivity contribution in [2.45, 2.75) is 11.8 Å². The van der Waals surface area contributed by atoms with Gasteiger partial charge in [-0.05, 0) is 42.8 Å². The largest absolute Gasteiger partial charge is 0.399 e.